The van der Waals surface area contributed by atoms with Crippen LogP contribution in [0.2, 0.25) is 0 Å². The molecule has 144 valence electrons. The molecule has 0 aliphatic rings. The second-order valence-corrected chi connectivity index (χ2v) is 6.23. The summed E-state index contributed by atoms with van der Waals surface area (Å²) in [6.07, 6.45) is -0.271. The highest BCUT2D eigenvalue weighted by molar-refractivity contribution is 5.67. The number of ether oxygens (including phenoxy) is 2. The minimum atomic E-state index is -0.959. The van der Waals surface area contributed by atoms with E-state index in [9.17, 15) is 19.2 Å². The van der Waals surface area contributed by atoms with Crippen LogP contribution in [0.5, 0.6) is 0 Å². The molecule has 0 spiro atoms. The first-order valence-electron chi connectivity index (χ1n) is 8.29. The number of aliphatic carboxylic acids is 2. The third-order valence-electron chi connectivity index (χ3n) is 4.37. The number of rotatable bonds is 12. The summed E-state index contributed by atoms with van der Waals surface area (Å²) >= 11 is 0. The molecule has 2 unspecified atom stereocenters. The Balaban J connectivity index is 5.54. The van der Waals surface area contributed by atoms with Crippen LogP contribution in [-0.2, 0) is 28.7 Å². The number of carboxylic acid groups (broad SMARTS) is 2. The fourth-order valence-corrected chi connectivity index (χ4v) is 3.14. The van der Waals surface area contributed by atoms with Gasteiger partial charge in [0.15, 0.2) is 0 Å². The summed E-state index contributed by atoms with van der Waals surface area (Å²) in [5, 5.41) is 17.8. The van der Waals surface area contributed by atoms with E-state index in [1.807, 2.05) is 0 Å². The Bertz CT molecular complexity index is 441. The van der Waals surface area contributed by atoms with E-state index >= 15 is 0 Å². The van der Waals surface area contributed by atoms with Gasteiger partial charge in [-0.15, -0.1) is 0 Å². The molecule has 0 aliphatic heterocycles. The van der Waals surface area contributed by atoms with Crippen LogP contribution in [0.1, 0.15) is 66.2 Å². The zero-order valence-corrected chi connectivity index (χ0v) is 15.2. The predicted molar refractivity (Wildman–Crippen MR) is 87.9 cm³/mol. The number of carbonyl (C=O) groups excluding carboxylic acids is 2. The topological polar surface area (TPSA) is 127 Å². The number of carbonyl (C=O) groups is 4. The van der Waals surface area contributed by atoms with E-state index in [1.165, 1.54) is 13.8 Å². The van der Waals surface area contributed by atoms with Gasteiger partial charge in [0.2, 0.25) is 0 Å². The lowest BCUT2D eigenvalue weighted by Crippen LogP contribution is -2.46. The minimum absolute atomic E-state index is 0.0831. The van der Waals surface area contributed by atoms with E-state index in [2.05, 4.69) is 0 Å². The van der Waals surface area contributed by atoms with Gasteiger partial charge in [-0.2, -0.15) is 0 Å². The third-order valence-corrected chi connectivity index (χ3v) is 4.37. The van der Waals surface area contributed by atoms with Gasteiger partial charge in [-0.1, -0.05) is 0 Å². The molecule has 25 heavy (non-hydrogen) atoms. The summed E-state index contributed by atoms with van der Waals surface area (Å²) in [7, 11) is 0. The van der Waals surface area contributed by atoms with Gasteiger partial charge >= 0.3 is 23.9 Å². The van der Waals surface area contributed by atoms with Crippen molar-refractivity contribution in [2.24, 2.45) is 5.41 Å². The van der Waals surface area contributed by atoms with Crippen LogP contribution in [0.4, 0.5) is 0 Å². The van der Waals surface area contributed by atoms with Crippen molar-refractivity contribution in [1.82, 2.24) is 0 Å². The van der Waals surface area contributed by atoms with Crippen LogP contribution in [0.25, 0.3) is 0 Å². The van der Waals surface area contributed by atoms with Crippen molar-refractivity contribution in [3.05, 3.63) is 0 Å². The smallest absolute Gasteiger partial charge is 0.303 e. The molecule has 0 radical (unpaired) electrons. The molecule has 0 heterocycles. The van der Waals surface area contributed by atoms with Gasteiger partial charge in [0, 0.05) is 32.1 Å². The van der Waals surface area contributed by atoms with Gasteiger partial charge < -0.3 is 19.7 Å². The SMILES string of the molecule is CC(=O)OC(C)C(CCCC(=O)O)(CCCC(=O)O)C(C)OC(C)=O. The van der Waals surface area contributed by atoms with Crippen LogP contribution in [0.15, 0.2) is 0 Å². The van der Waals surface area contributed by atoms with Crippen LogP contribution in [0, 0.1) is 5.41 Å². The maximum atomic E-state index is 11.4. The predicted octanol–water partition coefficient (Wildman–Crippen LogP) is 2.39. The number of hydrogen-bond acceptors (Lipinski definition) is 6. The van der Waals surface area contributed by atoms with Gasteiger partial charge in [-0.25, -0.2) is 0 Å². The van der Waals surface area contributed by atoms with E-state index < -0.39 is 41.5 Å². The highest BCUT2D eigenvalue weighted by atomic mass is 16.6. The molecule has 0 aromatic carbocycles. The number of hydrogen-bond donors (Lipinski definition) is 2. The quantitative estimate of drug-likeness (QED) is 0.508. The molecular formula is C17H28O8. The lowest BCUT2D eigenvalue weighted by Gasteiger charge is -2.42. The maximum absolute atomic E-state index is 11.4. The molecule has 0 aromatic heterocycles. The highest BCUT2D eigenvalue weighted by Crippen LogP contribution is 2.41. The molecule has 0 saturated heterocycles. The van der Waals surface area contributed by atoms with Crippen molar-refractivity contribution in [3.63, 3.8) is 0 Å². The first-order valence-corrected chi connectivity index (χ1v) is 8.29. The molecule has 2 atom stereocenters. The molecule has 0 fully saturated rings. The Morgan fingerprint density at radius 2 is 1.12 bits per heavy atom. The molecule has 0 saturated carbocycles. The molecule has 0 rings (SSSR count). The van der Waals surface area contributed by atoms with Crippen LogP contribution in [0.3, 0.4) is 0 Å². The molecule has 0 bridgehead atoms. The second kappa shape index (κ2) is 10.7. The van der Waals surface area contributed by atoms with Crippen molar-refractivity contribution >= 4 is 23.9 Å². The second-order valence-electron chi connectivity index (χ2n) is 6.23. The summed E-state index contributed by atoms with van der Waals surface area (Å²) in [5.74, 6) is -2.94. The van der Waals surface area contributed by atoms with Gasteiger partial charge in [0.1, 0.15) is 12.2 Å². The van der Waals surface area contributed by atoms with Crippen molar-refractivity contribution in [2.45, 2.75) is 78.4 Å². The van der Waals surface area contributed by atoms with Gasteiger partial charge in [0.05, 0.1) is 0 Å². The molecule has 0 aliphatic carbocycles. The Hall–Kier alpha value is -2.12. The average Bonchev–Trinajstić information content (AvgIpc) is 2.43. The Labute approximate surface area is 147 Å². The van der Waals surface area contributed by atoms with E-state index in [4.69, 9.17) is 19.7 Å². The standard InChI is InChI=1S/C17H28O8/c1-11(24-13(3)18)17(9-5-7-15(20)21,10-6-8-16(22)23)12(2)25-14(4)19/h11-12H,5-10H2,1-4H3,(H,20,21)(H,22,23). The van der Waals surface area contributed by atoms with E-state index in [0.29, 0.717) is 25.7 Å². The van der Waals surface area contributed by atoms with Crippen LogP contribution >= 0.6 is 0 Å². The van der Waals surface area contributed by atoms with Crippen LogP contribution in [-0.4, -0.2) is 46.3 Å². The van der Waals surface area contributed by atoms with Gasteiger partial charge in [-0.3, -0.25) is 19.2 Å². The largest absolute Gasteiger partial charge is 0.481 e. The van der Waals surface area contributed by atoms with E-state index in [1.54, 1.807) is 13.8 Å². The summed E-state index contributed by atoms with van der Waals surface area (Å²) in [4.78, 5) is 44.5. The summed E-state index contributed by atoms with van der Waals surface area (Å²) in [6.45, 7) is 5.82. The summed E-state index contributed by atoms with van der Waals surface area (Å²) in [6, 6.07) is 0. The van der Waals surface area contributed by atoms with Gasteiger partial charge in [-0.05, 0) is 39.5 Å². The Morgan fingerprint density at radius 3 is 1.36 bits per heavy atom. The molecule has 0 amide bonds. The first-order chi connectivity index (χ1) is 11.5. The van der Waals surface area contributed by atoms with Crippen molar-refractivity contribution in [1.29, 1.82) is 0 Å². The fourth-order valence-electron chi connectivity index (χ4n) is 3.14. The molecule has 2 N–H and O–H groups in total. The minimum Gasteiger partial charge on any atom is -0.481 e. The summed E-state index contributed by atoms with van der Waals surface area (Å²) in [5.41, 5.74) is -0.859. The van der Waals surface area contributed by atoms with E-state index in [-0.39, 0.29) is 12.8 Å². The first kappa shape index (κ1) is 22.9. The van der Waals surface area contributed by atoms with Crippen molar-refractivity contribution in [2.75, 3.05) is 0 Å². The number of carboxylic acids is 2. The fraction of sp³-hybridized carbons (Fsp3) is 0.765. The van der Waals surface area contributed by atoms with Gasteiger partial charge in [0.25, 0.3) is 0 Å². The zero-order valence-electron chi connectivity index (χ0n) is 15.2. The Kier molecular flexibility index (Phi) is 9.78. The monoisotopic (exact) mass is 360 g/mol. The zero-order chi connectivity index (χ0) is 19.6. The lowest BCUT2D eigenvalue weighted by atomic mass is 9.70. The molecule has 8 nitrogen and oxygen atoms in total. The Morgan fingerprint density at radius 1 is 0.800 bits per heavy atom. The summed E-state index contributed by atoms with van der Waals surface area (Å²) < 4.78 is 10.6. The van der Waals surface area contributed by atoms with Crippen molar-refractivity contribution < 1.29 is 38.9 Å². The maximum Gasteiger partial charge on any atom is 0.303 e. The third kappa shape index (κ3) is 8.51. The number of esters is 2. The normalized spacial score (nSPS) is 13.6. The lowest BCUT2D eigenvalue weighted by molar-refractivity contribution is -0.172. The molecular weight excluding hydrogens is 332 g/mol. The molecule has 0 aromatic rings. The average molecular weight is 360 g/mol. The molecule has 8 heteroatoms. The van der Waals surface area contributed by atoms with Crippen LogP contribution < -0.4 is 0 Å². The van der Waals surface area contributed by atoms with E-state index in [0.717, 1.165) is 0 Å². The highest BCUT2D eigenvalue weighted by Gasteiger charge is 2.44. The van der Waals surface area contributed by atoms with Crippen molar-refractivity contribution in [3.8, 4) is 0 Å².